The third-order valence-corrected chi connectivity index (χ3v) is 6.60. The smallest absolute Gasteiger partial charge is 0.264 e. The van der Waals surface area contributed by atoms with Gasteiger partial charge in [-0.05, 0) is 69.2 Å². The Morgan fingerprint density at radius 2 is 1.64 bits per heavy atom. The summed E-state index contributed by atoms with van der Waals surface area (Å²) >= 11 is 1.61. The number of nitrogens with zero attached hydrogens (tertiary/aromatic N) is 1. The van der Waals surface area contributed by atoms with Crippen molar-refractivity contribution >= 4 is 28.8 Å². The third kappa shape index (κ3) is 4.82. The van der Waals surface area contributed by atoms with E-state index in [0.717, 1.165) is 34.5 Å². The number of aryl methyl sites for hydroxylation is 5. The second-order valence-electron chi connectivity index (χ2n) is 7.96. The molecular weight excluding hydrogens is 368 g/mol. The first-order valence-electron chi connectivity index (χ1n) is 10.1. The fourth-order valence-electron chi connectivity index (χ4n) is 3.98. The second-order valence-corrected chi connectivity index (χ2v) is 9.09. The third-order valence-electron chi connectivity index (χ3n) is 5.38. The molecule has 2 amide bonds. The Morgan fingerprint density at radius 3 is 2.32 bits per heavy atom. The summed E-state index contributed by atoms with van der Waals surface area (Å²) in [6.45, 7) is 6.08. The van der Waals surface area contributed by atoms with Crippen LogP contribution in [0.1, 0.15) is 62.5 Å². The predicted molar refractivity (Wildman–Crippen MR) is 116 cm³/mol. The normalized spacial score (nSPS) is 14.0. The Morgan fingerprint density at radius 1 is 1.00 bits per heavy atom. The van der Waals surface area contributed by atoms with Crippen molar-refractivity contribution in [3.8, 4) is 0 Å². The Balaban J connectivity index is 1.66. The molecule has 150 valence electrons. The van der Waals surface area contributed by atoms with E-state index in [1.807, 2.05) is 20.8 Å². The molecule has 1 aliphatic carbocycles. The van der Waals surface area contributed by atoms with E-state index in [4.69, 9.17) is 0 Å². The zero-order valence-corrected chi connectivity index (χ0v) is 18.2. The van der Waals surface area contributed by atoms with E-state index in [0.29, 0.717) is 0 Å². The van der Waals surface area contributed by atoms with Crippen LogP contribution in [0.25, 0.3) is 0 Å². The van der Waals surface area contributed by atoms with Crippen molar-refractivity contribution in [1.82, 2.24) is 4.90 Å². The Bertz CT molecular complexity index is 836. The van der Waals surface area contributed by atoms with E-state index in [1.54, 1.807) is 18.4 Å². The monoisotopic (exact) mass is 398 g/mol. The van der Waals surface area contributed by atoms with Crippen LogP contribution in [0.2, 0.25) is 0 Å². The van der Waals surface area contributed by atoms with E-state index < -0.39 is 0 Å². The van der Waals surface area contributed by atoms with Crippen molar-refractivity contribution in [1.29, 1.82) is 0 Å². The summed E-state index contributed by atoms with van der Waals surface area (Å²) in [7, 11) is 1.70. The van der Waals surface area contributed by atoms with E-state index >= 15 is 0 Å². The van der Waals surface area contributed by atoms with Gasteiger partial charge in [0.15, 0.2) is 0 Å². The van der Waals surface area contributed by atoms with Gasteiger partial charge in [0.1, 0.15) is 0 Å². The number of anilines is 1. The van der Waals surface area contributed by atoms with Crippen molar-refractivity contribution in [2.24, 2.45) is 0 Å². The molecule has 1 aromatic heterocycles. The lowest BCUT2D eigenvalue weighted by Crippen LogP contribution is -2.34. The molecule has 0 unspecified atom stereocenters. The topological polar surface area (TPSA) is 49.4 Å². The summed E-state index contributed by atoms with van der Waals surface area (Å²) in [5, 5.41) is 2.98. The van der Waals surface area contributed by atoms with Gasteiger partial charge in [0.05, 0.1) is 11.4 Å². The molecule has 1 N–H and O–H groups in total. The van der Waals surface area contributed by atoms with Gasteiger partial charge in [0, 0.05) is 17.6 Å². The number of amides is 2. The second kappa shape index (κ2) is 8.91. The average Bonchev–Trinajstić information content (AvgIpc) is 2.99. The number of likely N-dealkylation sites (N-methyl/N-ethyl adjacent to an activating group) is 1. The van der Waals surface area contributed by atoms with Gasteiger partial charge >= 0.3 is 0 Å². The molecule has 4 nitrogen and oxygen atoms in total. The van der Waals surface area contributed by atoms with Crippen LogP contribution in [0, 0.1) is 20.8 Å². The lowest BCUT2D eigenvalue weighted by molar-refractivity contribution is -0.116. The molecule has 0 spiro atoms. The fourth-order valence-corrected chi connectivity index (χ4v) is 5.23. The van der Waals surface area contributed by atoms with Gasteiger partial charge in [-0.25, -0.2) is 0 Å². The molecule has 0 atom stereocenters. The predicted octanol–water partition coefficient (Wildman–Crippen LogP) is 5.04. The summed E-state index contributed by atoms with van der Waals surface area (Å²) in [5.41, 5.74) is 5.43. The molecule has 1 aromatic carbocycles. The Hall–Kier alpha value is -2.14. The number of hydrogen-bond acceptors (Lipinski definition) is 3. The lowest BCUT2D eigenvalue weighted by Gasteiger charge is -2.18. The van der Waals surface area contributed by atoms with E-state index in [1.165, 1.54) is 46.6 Å². The average molecular weight is 399 g/mol. The van der Waals surface area contributed by atoms with Crippen LogP contribution in [0.3, 0.4) is 0 Å². The van der Waals surface area contributed by atoms with Crippen LogP contribution >= 0.6 is 11.3 Å². The molecule has 0 bridgehead atoms. The highest BCUT2D eigenvalue weighted by Crippen LogP contribution is 2.29. The summed E-state index contributed by atoms with van der Waals surface area (Å²) in [6.07, 6.45) is 7.09. The van der Waals surface area contributed by atoms with Gasteiger partial charge in [-0.2, -0.15) is 0 Å². The van der Waals surface area contributed by atoms with Crippen molar-refractivity contribution in [3.05, 3.63) is 50.2 Å². The van der Waals surface area contributed by atoms with Crippen LogP contribution in [0.5, 0.6) is 0 Å². The zero-order valence-electron chi connectivity index (χ0n) is 17.4. The van der Waals surface area contributed by atoms with Crippen LogP contribution in [-0.2, 0) is 17.6 Å². The van der Waals surface area contributed by atoms with Gasteiger partial charge < -0.3 is 10.2 Å². The molecule has 1 aliphatic rings. The van der Waals surface area contributed by atoms with Crippen molar-refractivity contribution < 1.29 is 9.59 Å². The lowest BCUT2D eigenvalue weighted by atomic mass is 10.00. The van der Waals surface area contributed by atoms with Crippen LogP contribution in [-0.4, -0.2) is 30.3 Å². The van der Waals surface area contributed by atoms with E-state index in [9.17, 15) is 9.59 Å². The highest BCUT2D eigenvalue weighted by atomic mass is 32.1. The van der Waals surface area contributed by atoms with Gasteiger partial charge in [-0.15, -0.1) is 11.3 Å². The molecular formula is C23H30N2O2S. The number of carbonyl (C=O) groups is 2. The van der Waals surface area contributed by atoms with E-state index in [-0.39, 0.29) is 18.4 Å². The molecule has 2 aromatic rings. The summed E-state index contributed by atoms with van der Waals surface area (Å²) < 4.78 is 0. The standard InChI is InChI=1S/C23H30N2O2S/c1-15-11-16(2)22(17(3)12-15)24-21(26)14-25(4)23(27)20-13-18-9-7-5-6-8-10-19(18)28-20/h11-13H,5-10,14H2,1-4H3,(H,24,26). The number of nitrogens with one attached hydrogen (secondary N) is 1. The minimum atomic E-state index is -0.166. The van der Waals surface area contributed by atoms with Crippen molar-refractivity contribution in [2.75, 3.05) is 18.9 Å². The van der Waals surface area contributed by atoms with Gasteiger partial charge in [0.2, 0.25) is 5.91 Å². The van der Waals surface area contributed by atoms with Crippen LogP contribution in [0.15, 0.2) is 18.2 Å². The van der Waals surface area contributed by atoms with Crippen LogP contribution in [0.4, 0.5) is 5.69 Å². The Kier molecular flexibility index (Phi) is 6.55. The summed E-state index contributed by atoms with van der Waals surface area (Å²) in [5.74, 6) is -0.231. The molecule has 1 heterocycles. The van der Waals surface area contributed by atoms with Crippen molar-refractivity contribution in [3.63, 3.8) is 0 Å². The highest BCUT2D eigenvalue weighted by Gasteiger charge is 2.20. The number of fused-ring (bicyclic) bond motifs is 1. The quantitative estimate of drug-likeness (QED) is 0.784. The molecule has 0 saturated carbocycles. The largest absolute Gasteiger partial charge is 0.332 e. The van der Waals surface area contributed by atoms with Gasteiger partial charge in [-0.1, -0.05) is 30.5 Å². The highest BCUT2D eigenvalue weighted by molar-refractivity contribution is 7.14. The molecule has 0 radical (unpaired) electrons. The number of thiophene rings is 1. The summed E-state index contributed by atoms with van der Waals surface area (Å²) in [4.78, 5) is 29.0. The van der Waals surface area contributed by atoms with Crippen LogP contribution < -0.4 is 5.32 Å². The number of carbonyl (C=O) groups excluding carboxylic acids is 2. The molecule has 28 heavy (non-hydrogen) atoms. The van der Waals surface area contributed by atoms with Crippen molar-refractivity contribution in [2.45, 2.75) is 59.3 Å². The number of benzene rings is 1. The minimum Gasteiger partial charge on any atom is -0.332 e. The van der Waals surface area contributed by atoms with Gasteiger partial charge in [-0.3, -0.25) is 9.59 Å². The zero-order chi connectivity index (χ0) is 20.3. The maximum Gasteiger partial charge on any atom is 0.264 e. The first-order valence-corrected chi connectivity index (χ1v) is 10.9. The van der Waals surface area contributed by atoms with Gasteiger partial charge in [0.25, 0.3) is 5.91 Å². The molecule has 0 saturated heterocycles. The minimum absolute atomic E-state index is 0.0498. The molecule has 5 heteroatoms. The fraction of sp³-hybridized carbons (Fsp3) is 0.478. The first-order chi connectivity index (χ1) is 13.3. The van der Waals surface area contributed by atoms with E-state index in [2.05, 4.69) is 23.5 Å². The SMILES string of the molecule is Cc1cc(C)c(NC(=O)CN(C)C(=O)c2cc3c(s2)CCCCCC3)c(C)c1. The Labute approximate surface area is 172 Å². The molecule has 3 rings (SSSR count). The molecule has 0 aliphatic heterocycles. The number of hydrogen-bond donors (Lipinski definition) is 1. The maximum absolute atomic E-state index is 12.9. The maximum atomic E-state index is 12.9. The number of rotatable bonds is 4. The first kappa shape index (κ1) is 20.6. The summed E-state index contributed by atoms with van der Waals surface area (Å²) in [6, 6.07) is 6.16. The molecule has 0 fully saturated rings.